The van der Waals surface area contributed by atoms with Gasteiger partial charge in [-0.15, -0.1) is 0 Å². The average molecular weight is 479 g/mol. The van der Waals surface area contributed by atoms with Crippen molar-refractivity contribution in [3.8, 4) is 0 Å². The van der Waals surface area contributed by atoms with Gasteiger partial charge in [-0.05, 0) is 37.5 Å². The molecule has 0 aliphatic heterocycles. The molecule has 2 atom stereocenters. The third-order valence-electron chi connectivity index (χ3n) is 5.91. The second-order valence-electron chi connectivity index (χ2n) is 9.52. The van der Waals surface area contributed by atoms with Gasteiger partial charge in [0.2, 0.25) is 17.7 Å². The van der Waals surface area contributed by atoms with Gasteiger partial charge < -0.3 is 20.9 Å². The molecule has 0 aliphatic rings. The first kappa shape index (κ1) is 27.8. The summed E-state index contributed by atoms with van der Waals surface area (Å²) in [6.45, 7) is 3.77. The normalized spacial score (nSPS) is 13.2. The van der Waals surface area contributed by atoms with Crippen molar-refractivity contribution >= 4 is 17.7 Å². The van der Waals surface area contributed by atoms with Gasteiger partial charge in [0, 0.05) is 39.5 Å². The Hall–Kier alpha value is -3.45. The molecule has 35 heavy (non-hydrogen) atoms. The fraction of sp³-hybridized carbons (Fsp3) is 0.393. The smallest absolute Gasteiger partial charge is 0.246 e. The molecule has 0 aromatic heterocycles. The molecule has 0 aliphatic carbocycles. The lowest BCUT2D eigenvalue weighted by Crippen LogP contribution is -2.55. The van der Waals surface area contributed by atoms with Crippen LogP contribution in [0.25, 0.3) is 0 Å². The fourth-order valence-corrected chi connectivity index (χ4v) is 3.76. The molecular weight excluding hydrogens is 440 g/mol. The van der Waals surface area contributed by atoms with Crippen molar-refractivity contribution in [3.63, 3.8) is 0 Å². The van der Waals surface area contributed by atoms with Gasteiger partial charge in [-0.3, -0.25) is 14.4 Å². The maximum atomic E-state index is 13.8. The van der Waals surface area contributed by atoms with E-state index in [0.29, 0.717) is 19.3 Å². The lowest BCUT2D eigenvalue weighted by Gasteiger charge is -2.34. The molecule has 0 bridgehead atoms. The van der Waals surface area contributed by atoms with Crippen molar-refractivity contribution in [1.29, 1.82) is 0 Å². The number of carbonyl (C=O) groups is 3. The standard InChI is InChI=1S/C28H38N4O3/c1-28(2,29)18-12-17-25(33)31(4)24(20-22-15-10-7-11-16-22)27(35)32(5)23(26(34)30-3)19-21-13-8-6-9-14-21/h6-17,23-24H,18-20,29H2,1-5H3,(H,30,34)/b17-12+/t23-,24-/m1/s1. The van der Waals surface area contributed by atoms with Crippen molar-refractivity contribution < 1.29 is 14.4 Å². The number of hydrogen-bond donors (Lipinski definition) is 2. The number of hydrogen-bond acceptors (Lipinski definition) is 4. The number of rotatable bonds is 11. The predicted octanol–water partition coefficient (Wildman–Crippen LogP) is 2.56. The van der Waals surface area contributed by atoms with Crippen molar-refractivity contribution in [2.24, 2.45) is 5.73 Å². The Kier molecular flexibility index (Phi) is 10.2. The molecule has 0 unspecified atom stereocenters. The highest BCUT2D eigenvalue weighted by Crippen LogP contribution is 2.16. The summed E-state index contributed by atoms with van der Waals surface area (Å²) in [6, 6.07) is 17.6. The lowest BCUT2D eigenvalue weighted by molar-refractivity contribution is -0.146. The van der Waals surface area contributed by atoms with E-state index in [1.807, 2.05) is 74.5 Å². The van der Waals surface area contributed by atoms with Crippen molar-refractivity contribution in [1.82, 2.24) is 15.1 Å². The van der Waals surface area contributed by atoms with Crippen LogP contribution >= 0.6 is 0 Å². The molecular formula is C28H38N4O3. The minimum absolute atomic E-state index is 0.262. The highest BCUT2D eigenvalue weighted by molar-refractivity contribution is 5.95. The van der Waals surface area contributed by atoms with Crippen LogP contribution in [-0.4, -0.2) is 66.3 Å². The molecule has 2 rings (SSSR count). The summed E-state index contributed by atoms with van der Waals surface area (Å²) in [7, 11) is 4.79. The maximum Gasteiger partial charge on any atom is 0.246 e. The van der Waals surface area contributed by atoms with Gasteiger partial charge in [-0.2, -0.15) is 0 Å². The highest BCUT2D eigenvalue weighted by atomic mass is 16.2. The Labute approximate surface area is 209 Å². The predicted molar refractivity (Wildman–Crippen MR) is 139 cm³/mol. The van der Waals surface area contributed by atoms with Crippen LogP contribution in [0.3, 0.4) is 0 Å². The zero-order valence-corrected chi connectivity index (χ0v) is 21.4. The Bertz CT molecular complexity index is 1000. The van der Waals surface area contributed by atoms with Crippen LogP contribution in [0.4, 0.5) is 0 Å². The molecule has 3 amide bonds. The second-order valence-corrected chi connectivity index (χ2v) is 9.52. The SMILES string of the molecule is CNC(=O)[C@@H](Cc1ccccc1)N(C)C(=O)[C@@H](Cc1ccccc1)N(C)C(=O)/C=C/CC(C)(C)N. The van der Waals surface area contributed by atoms with E-state index < -0.39 is 17.6 Å². The van der Waals surface area contributed by atoms with Gasteiger partial charge in [0.05, 0.1) is 0 Å². The van der Waals surface area contributed by atoms with E-state index >= 15 is 0 Å². The Morgan fingerprint density at radius 2 is 1.37 bits per heavy atom. The lowest BCUT2D eigenvalue weighted by atomic mass is 10.00. The summed E-state index contributed by atoms with van der Waals surface area (Å²) in [4.78, 5) is 42.4. The second kappa shape index (κ2) is 12.9. The first-order valence-electron chi connectivity index (χ1n) is 11.8. The molecule has 0 radical (unpaired) electrons. The molecule has 188 valence electrons. The van der Waals surface area contributed by atoms with Gasteiger partial charge in [0.15, 0.2) is 0 Å². The zero-order chi connectivity index (χ0) is 26.0. The van der Waals surface area contributed by atoms with E-state index in [4.69, 9.17) is 5.73 Å². The number of benzene rings is 2. The molecule has 0 spiro atoms. The molecule has 2 aromatic carbocycles. The summed E-state index contributed by atoms with van der Waals surface area (Å²) in [6.07, 6.45) is 4.41. The van der Waals surface area contributed by atoms with Gasteiger partial charge in [-0.25, -0.2) is 0 Å². The molecule has 3 N–H and O–H groups in total. The summed E-state index contributed by atoms with van der Waals surface area (Å²) < 4.78 is 0. The number of nitrogens with zero attached hydrogens (tertiary/aromatic N) is 2. The third kappa shape index (κ3) is 8.68. The molecule has 7 heteroatoms. The molecule has 7 nitrogen and oxygen atoms in total. The van der Waals surface area contributed by atoms with Crippen LogP contribution in [0.1, 0.15) is 31.4 Å². The largest absolute Gasteiger partial charge is 0.357 e. The van der Waals surface area contributed by atoms with Crippen molar-refractivity contribution in [2.75, 3.05) is 21.1 Å². The maximum absolute atomic E-state index is 13.8. The first-order chi connectivity index (χ1) is 16.5. The van der Waals surface area contributed by atoms with E-state index in [-0.39, 0.29) is 17.7 Å². The molecule has 2 aromatic rings. The van der Waals surface area contributed by atoms with E-state index in [1.54, 1.807) is 27.2 Å². The topological polar surface area (TPSA) is 95.7 Å². The van der Waals surface area contributed by atoms with Crippen LogP contribution in [0.5, 0.6) is 0 Å². The van der Waals surface area contributed by atoms with Crippen LogP contribution in [0.2, 0.25) is 0 Å². The molecule has 0 fully saturated rings. The third-order valence-corrected chi connectivity index (χ3v) is 5.91. The summed E-state index contributed by atoms with van der Waals surface area (Å²) >= 11 is 0. The Morgan fingerprint density at radius 3 is 1.83 bits per heavy atom. The van der Waals surface area contributed by atoms with Crippen molar-refractivity contribution in [3.05, 3.63) is 83.9 Å². The molecule has 0 saturated carbocycles. The summed E-state index contributed by atoms with van der Waals surface area (Å²) in [5.74, 6) is -0.861. The molecule has 0 heterocycles. The quantitative estimate of drug-likeness (QED) is 0.485. The Morgan fingerprint density at radius 1 is 0.886 bits per heavy atom. The number of likely N-dealkylation sites (N-methyl/N-ethyl adjacent to an activating group) is 3. The number of carbonyl (C=O) groups excluding carboxylic acids is 3. The zero-order valence-electron chi connectivity index (χ0n) is 21.4. The highest BCUT2D eigenvalue weighted by Gasteiger charge is 2.34. The van der Waals surface area contributed by atoms with Crippen LogP contribution < -0.4 is 11.1 Å². The van der Waals surface area contributed by atoms with Gasteiger partial charge >= 0.3 is 0 Å². The summed E-state index contributed by atoms with van der Waals surface area (Å²) in [5.41, 5.74) is 7.44. The number of nitrogens with one attached hydrogen (secondary N) is 1. The van der Waals surface area contributed by atoms with E-state index in [1.165, 1.54) is 15.9 Å². The van der Waals surface area contributed by atoms with Gasteiger partial charge in [0.1, 0.15) is 12.1 Å². The van der Waals surface area contributed by atoms with E-state index in [2.05, 4.69) is 5.32 Å². The minimum atomic E-state index is -0.784. The van der Waals surface area contributed by atoms with E-state index in [0.717, 1.165) is 11.1 Å². The molecule has 0 saturated heterocycles. The van der Waals surface area contributed by atoms with Crippen molar-refractivity contribution in [2.45, 2.75) is 50.7 Å². The monoisotopic (exact) mass is 478 g/mol. The Balaban J connectivity index is 2.32. The number of nitrogens with two attached hydrogens (primary N) is 1. The van der Waals surface area contributed by atoms with Crippen LogP contribution in [0.15, 0.2) is 72.8 Å². The fourth-order valence-electron chi connectivity index (χ4n) is 3.76. The van der Waals surface area contributed by atoms with Crippen LogP contribution in [-0.2, 0) is 27.2 Å². The summed E-state index contributed by atoms with van der Waals surface area (Å²) in [5, 5.41) is 2.67. The van der Waals surface area contributed by atoms with Gasteiger partial charge in [-0.1, -0.05) is 66.7 Å². The number of amides is 3. The first-order valence-corrected chi connectivity index (χ1v) is 11.8. The van der Waals surface area contributed by atoms with E-state index in [9.17, 15) is 14.4 Å². The average Bonchev–Trinajstić information content (AvgIpc) is 2.84. The van der Waals surface area contributed by atoms with Gasteiger partial charge in [0.25, 0.3) is 0 Å². The minimum Gasteiger partial charge on any atom is -0.357 e. The van der Waals surface area contributed by atoms with Crippen LogP contribution in [0, 0.1) is 0 Å².